The first-order valence-corrected chi connectivity index (χ1v) is 7.11. The second kappa shape index (κ2) is 6.95. The number of pyridine rings is 1. The molecule has 1 saturated heterocycles. The van der Waals surface area contributed by atoms with Crippen molar-refractivity contribution in [2.24, 2.45) is 0 Å². The molecule has 1 aromatic rings. The highest BCUT2D eigenvalue weighted by molar-refractivity contribution is 5.81. The summed E-state index contributed by atoms with van der Waals surface area (Å²) in [6.07, 6.45) is -2.66. The Kier molecular flexibility index (Phi) is 5.23. The zero-order valence-corrected chi connectivity index (χ0v) is 12.3. The molecule has 0 radical (unpaired) electrons. The van der Waals surface area contributed by atoms with E-state index in [1.165, 1.54) is 0 Å². The maximum Gasteiger partial charge on any atom is 0.405 e. The summed E-state index contributed by atoms with van der Waals surface area (Å²) in [5.74, 6) is 0.278. The summed E-state index contributed by atoms with van der Waals surface area (Å²) in [5.41, 5.74) is 0. The van der Waals surface area contributed by atoms with Gasteiger partial charge in [-0.2, -0.15) is 13.2 Å². The van der Waals surface area contributed by atoms with E-state index in [0.717, 1.165) is 5.82 Å². The van der Waals surface area contributed by atoms with Crippen LogP contribution >= 0.6 is 0 Å². The van der Waals surface area contributed by atoms with E-state index in [9.17, 15) is 18.0 Å². The highest BCUT2D eigenvalue weighted by Gasteiger charge is 2.31. The lowest BCUT2D eigenvalue weighted by Crippen LogP contribution is -2.54. The number of alkyl halides is 3. The molecule has 0 aliphatic carbocycles. The molecular formula is C14H19F3N4O. The number of rotatable bonds is 4. The van der Waals surface area contributed by atoms with Crippen molar-refractivity contribution in [3.63, 3.8) is 0 Å². The van der Waals surface area contributed by atoms with E-state index >= 15 is 0 Å². The summed E-state index contributed by atoms with van der Waals surface area (Å²) < 4.78 is 36.4. The van der Waals surface area contributed by atoms with Gasteiger partial charge in [-0.25, -0.2) is 4.98 Å². The molecular weight excluding hydrogens is 297 g/mol. The van der Waals surface area contributed by atoms with Crippen LogP contribution in [-0.4, -0.2) is 60.7 Å². The van der Waals surface area contributed by atoms with Gasteiger partial charge in [0.1, 0.15) is 12.4 Å². The molecule has 1 atom stereocenters. The molecule has 1 amide bonds. The van der Waals surface area contributed by atoms with Gasteiger partial charge in [-0.05, 0) is 19.1 Å². The van der Waals surface area contributed by atoms with Gasteiger partial charge < -0.3 is 10.2 Å². The highest BCUT2D eigenvalue weighted by Crippen LogP contribution is 2.15. The van der Waals surface area contributed by atoms with Gasteiger partial charge in [0.05, 0.1) is 6.04 Å². The standard InChI is InChI=1S/C14H19F3N4O/c1-11(13(22)19-10-14(15,16)17)20-6-8-21(9-7-20)12-4-2-3-5-18-12/h2-5,11H,6-10H2,1H3,(H,19,22). The molecule has 2 rings (SSSR count). The average Bonchev–Trinajstić information content (AvgIpc) is 2.52. The van der Waals surface area contributed by atoms with E-state index < -0.39 is 24.7 Å². The molecule has 1 aliphatic heterocycles. The first kappa shape index (κ1) is 16.5. The van der Waals surface area contributed by atoms with Gasteiger partial charge in [-0.15, -0.1) is 0 Å². The third kappa shape index (κ3) is 4.59. The Bertz CT molecular complexity index is 487. The van der Waals surface area contributed by atoms with Gasteiger partial charge >= 0.3 is 6.18 Å². The van der Waals surface area contributed by atoms with Crippen molar-refractivity contribution in [2.75, 3.05) is 37.6 Å². The maximum absolute atomic E-state index is 12.1. The Labute approximate surface area is 127 Å². The fourth-order valence-electron chi connectivity index (χ4n) is 2.38. The number of piperazine rings is 1. The highest BCUT2D eigenvalue weighted by atomic mass is 19.4. The van der Waals surface area contributed by atoms with Crippen molar-refractivity contribution in [2.45, 2.75) is 19.1 Å². The topological polar surface area (TPSA) is 48.5 Å². The monoisotopic (exact) mass is 316 g/mol. The Morgan fingerprint density at radius 2 is 2.00 bits per heavy atom. The summed E-state index contributed by atoms with van der Waals surface area (Å²) >= 11 is 0. The van der Waals surface area contributed by atoms with Crippen LogP contribution in [0.3, 0.4) is 0 Å². The first-order chi connectivity index (χ1) is 10.4. The third-order valence-corrected chi connectivity index (χ3v) is 3.68. The van der Waals surface area contributed by atoms with E-state index in [1.807, 2.05) is 28.4 Å². The maximum atomic E-state index is 12.1. The predicted molar refractivity (Wildman–Crippen MR) is 76.5 cm³/mol. The Morgan fingerprint density at radius 3 is 2.55 bits per heavy atom. The molecule has 2 heterocycles. The molecule has 0 bridgehead atoms. The average molecular weight is 316 g/mol. The van der Waals surface area contributed by atoms with E-state index in [0.29, 0.717) is 26.2 Å². The van der Waals surface area contributed by atoms with Crippen molar-refractivity contribution >= 4 is 11.7 Å². The lowest BCUT2D eigenvalue weighted by atomic mass is 10.2. The fourth-order valence-corrected chi connectivity index (χ4v) is 2.38. The Morgan fingerprint density at radius 1 is 1.32 bits per heavy atom. The lowest BCUT2D eigenvalue weighted by Gasteiger charge is -2.37. The fraction of sp³-hybridized carbons (Fsp3) is 0.571. The van der Waals surface area contributed by atoms with Crippen LogP contribution in [0.4, 0.5) is 19.0 Å². The molecule has 1 fully saturated rings. The third-order valence-electron chi connectivity index (χ3n) is 3.68. The van der Waals surface area contributed by atoms with Gasteiger partial charge in [-0.1, -0.05) is 6.07 Å². The van der Waals surface area contributed by atoms with Crippen LogP contribution in [0.1, 0.15) is 6.92 Å². The number of aromatic nitrogens is 1. The molecule has 122 valence electrons. The largest absolute Gasteiger partial charge is 0.405 e. The van der Waals surface area contributed by atoms with Gasteiger partial charge in [0, 0.05) is 32.4 Å². The van der Waals surface area contributed by atoms with Crippen LogP contribution in [0.5, 0.6) is 0 Å². The number of nitrogens with one attached hydrogen (secondary N) is 1. The number of carbonyl (C=O) groups is 1. The SMILES string of the molecule is CC(C(=O)NCC(F)(F)F)N1CCN(c2ccccn2)CC1. The van der Waals surface area contributed by atoms with Gasteiger partial charge in [0.25, 0.3) is 0 Å². The van der Waals surface area contributed by atoms with Crippen molar-refractivity contribution in [1.29, 1.82) is 0 Å². The molecule has 5 nitrogen and oxygen atoms in total. The molecule has 0 saturated carbocycles. The van der Waals surface area contributed by atoms with Crippen LogP contribution in [0, 0.1) is 0 Å². The Hall–Kier alpha value is -1.83. The van der Waals surface area contributed by atoms with Gasteiger partial charge in [-0.3, -0.25) is 9.69 Å². The molecule has 1 aromatic heterocycles. The number of amides is 1. The quantitative estimate of drug-likeness (QED) is 0.909. The van der Waals surface area contributed by atoms with E-state index in [4.69, 9.17) is 0 Å². The smallest absolute Gasteiger partial charge is 0.354 e. The zero-order valence-electron chi connectivity index (χ0n) is 12.3. The van der Waals surface area contributed by atoms with Crippen LogP contribution in [0.25, 0.3) is 0 Å². The molecule has 22 heavy (non-hydrogen) atoms. The van der Waals surface area contributed by atoms with Crippen LogP contribution < -0.4 is 10.2 Å². The lowest BCUT2D eigenvalue weighted by molar-refractivity contribution is -0.141. The molecule has 1 N–H and O–H groups in total. The first-order valence-electron chi connectivity index (χ1n) is 7.11. The van der Waals surface area contributed by atoms with Gasteiger partial charge in [0.2, 0.25) is 5.91 Å². The van der Waals surface area contributed by atoms with E-state index in [2.05, 4.69) is 9.88 Å². The van der Waals surface area contributed by atoms with E-state index in [1.54, 1.807) is 13.1 Å². The molecule has 1 aliphatic rings. The minimum absolute atomic E-state index is 0.576. The normalized spacial score (nSPS) is 18.1. The second-order valence-electron chi connectivity index (χ2n) is 5.22. The molecule has 8 heteroatoms. The molecule has 1 unspecified atom stereocenters. The predicted octanol–water partition coefficient (Wildman–Crippen LogP) is 1.27. The summed E-state index contributed by atoms with van der Waals surface area (Å²) in [4.78, 5) is 20.0. The summed E-state index contributed by atoms with van der Waals surface area (Å²) in [6.45, 7) is 2.93. The van der Waals surface area contributed by atoms with Crippen LogP contribution in [0.2, 0.25) is 0 Å². The van der Waals surface area contributed by atoms with Gasteiger partial charge in [0.15, 0.2) is 0 Å². The summed E-state index contributed by atoms with van der Waals surface area (Å²) in [5, 5.41) is 1.93. The minimum atomic E-state index is -4.38. The van der Waals surface area contributed by atoms with Crippen molar-refractivity contribution < 1.29 is 18.0 Å². The number of anilines is 1. The van der Waals surface area contributed by atoms with Crippen molar-refractivity contribution in [3.8, 4) is 0 Å². The number of hydrogen-bond donors (Lipinski definition) is 1. The number of carbonyl (C=O) groups excluding carboxylic acids is 1. The van der Waals surface area contributed by atoms with Crippen LogP contribution in [0.15, 0.2) is 24.4 Å². The number of hydrogen-bond acceptors (Lipinski definition) is 4. The van der Waals surface area contributed by atoms with Crippen molar-refractivity contribution in [1.82, 2.24) is 15.2 Å². The second-order valence-corrected chi connectivity index (χ2v) is 5.22. The van der Waals surface area contributed by atoms with E-state index in [-0.39, 0.29) is 0 Å². The van der Waals surface area contributed by atoms with Crippen molar-refractivity contribution in [3.05, 3.63) is 24.4 Å². The summed E-state index contributed by atoms with van der Waals surface area (Å²) in [6, 6.07) is 5.08. The Balaban J connectivity index is 1.82. The number of nitrogens with zero attached hydrogens (tertiary/aromatic N) is 3. The van der Waals surface area contributed by atoms with Crippen LogP contribution in [-0.2, 0) is 4.79 Å². The molecule has 0 aromatic carbocycles. The summed E-state index contributed by atoms with van der Waals surface area (Å²) in [7, 11) is 0. The zero-order chi connectivity index (χ0) is 16.2. The molecule has 0 spiro atoms. The number of halogens is 3. The minimum Gasteiger partial charge on any atom is -0.354 e.